The van der Waals surface area contributed by atoms with E-state index in [1.165, 1.54) is 0 Å². The van der Waals surface area contributed by atoms with Crippen molar-refractivity contribution in [3.05, 3.63) is 72.2 Å². The maximum Gasteiger partial charge on any atom is 0.131 e. The fraction of sp³-hybridized carbons (Fsp3) is 0.263. The standard InChI is InChI=1S/C19H23NO2/c1-2-8-16(13-7-14-20)21-18-11-6-12-19(15-18)22-17-9-4-3-5-10-17/h2,4,6,8-13,15H,3,5,7,14,20H2,1H3/b8-2-,16-13+. The zero-order valence-electron chi connectivity index (χ0n) is 13.0. The smallest absolute Gasteiger partial charge is 0.131 e. The molecule has 22 heavy (non-hydrogen) atoms. The molecule has 0 amide bonds. The summed E-state index contributed by atoms with van der Waals surface area (Å²) in [5.74, 6) is 3.20. The molecule has 0 heterocycles. The van der Waals surface area contributed by atoms with Gasteiger partial charge in [-0.15, -0.1) is 0 Å². The molecule has 1 aromatic carbocycles. The van der Waals surface area contributed by atoms with E-state index in [1.807, 2.05) is 55.5 Å². The Hall–Kier alpha value is -2.26. The van der Waals surface area contributed by atoms with Gasteiger partial charge in [-0.3, -0.25) is 0 Å². The van der Waals surface area contributed by atoms with Crippen LogP contribution < -0.4 is 15.2 Å². The van der Waals surface area contributed by atoms with Crippen molar-refractivity contribution in [2.24, 2.45) is 5.73 Å². The van der Waals surface area contributed by atoms with Crippen molar-refractivity contribution in [3.8, 4) is 11.5 Å². The number of hydrogen-bond acceptors (Lipinski definition) is 3. The van der Waals surface area contributed by atoms with E-state index in [4.69, 9.17) is 15.2 Å². The minimum absolute atomic E-state index is 0.605. The highest BCUT2D eigenvalue weighted by atomic mass is 16.5. The molecule has 116 valence electrons. The van der Waals surface area contributed by atoms with E-state index in [-0.39, 0.29) is 0 Å². The van der Waals surface area contributed by atoms with Gasteiger partial charge in [-0.25, -0.2) is 0 Å². The van der Waals surface area contributed by atoms with Crippen LogP contribution in [0.15, 0.2) is 72.2 Å². The molecule has 2 N–H and O–H groups in total. The Labute approximate surface area is 132 Å². The van der Waals surface area contributed by atoms with Crippen LogP contribution in [0, 0.1) is 0 Å². The summed E-state index contributed by atoms with van der Waals surface area (Å²) in [6.45, 7) is 2.56. The fourth-order valence-corrected chi connectivity index (χ4v) is 2.07. The topological polar surface area (TPSA) is 44.5 Å². The maximum absolute atomic E-state index is 5.89. The average Bonchev–Trinajstić information content (AvgIpc) is 2.54. The van der Waals surface area contributed by atoms with E-state index in [0.29, 0.717) is 6.54 Å². The lowest BCUT2D eigenvalue weighted by Gasteiger charge is -2.11. The molecule has 0 aromatic heterocycles. The highest BCUT2D eigenvalue weighted by molar-refractivity contribution is 5.37. The summed E-state index contributed by atoms with van der Waals surface area (Å²) in [5, 5.41) is 0. The van der Waals surface area contributed by atoms with Gasteiger partial charge in [0.25, 0.3) is 0 Å². The molecule has 3 heteroatoms. The molecule has 1 aliphatic rings. The fourth-order valence-electron chi connectivity index (χ4n) is 2.07. The Balaban J connectivity index is 2.06. The third-order valence-electron chi connectivity index (χ3n) is 3.08. The number of nitrogens with two attached hydrogens (primary N) is 1. The largest absolute Gasteiger partial charge is 0.458 e. The van der Waals surface area contributed by atoms with Gasteiger partial charge in [0.1, 0.15) is 23.0 Å². The van der Waals surface area contributed by atoms with Crippen LogP contribution in [-0.2, 0) is 0 Å². The molecule has 3 nitrogen and oxygen atoms in total. The molecule has 0 bridgehead atoms. The predicted octanol–water partition coefficient (Wildman–Crippen LogP) is 4.49. The highest BCUT2D eigenvalue weighted by Gasteiger charge is 2.03. The quantitative estimate of drug-likeness (QED) is 0.596. The van der Waals surface area contributed by atoms with Crippen LogP contribution in [0.5, 0.6) is 11.5 Å². The molecule has 0 spiro atoms. The Morgan fingerprint density at radius 3 is 2.86 bits per heavy atom. The Morgan fingerprint density at radius 2 is 2.14 bits per heavy atom. The lowest BCUT2D eigenvalue weighted by molar-refractivity contribution is 0.420. The van der Waals surface area contributed by atoms with Crippen LogP contribution in [0.3, 0.4) is 0 Å². The molecule has 0 aliphatic heterocycles. The number of ether oxygens (including phenoxy) is 2. The van der Waals surface area contributed by atoms with Gasteiger partial charge in [0, 0.05) is 6.07 Å². The van der Waals surface area contributed by atoms with Crippen molar-refractivity contribution in [2.45, 2.75) is 26.2 Å². The molecule has 2 rings (SSSR count). The monoisotopic (exact) mass is 297 g/mol. The van der Waals surface area contributed by atoms with Crippen LogP contribution in [0.4, 0.5) is 0 Å². The summed E-state index contributed by atoms with van der Waals surface area (Å²) in [6, 6.07) is 7.66. The molecular weight excluding hydrogens is 274 g/mol. The van der Waals surface area contributed by atoms with E-state index < -0.39 is 0 Å². The molecule has 0 saturated carbocycles. The van der Waals surface area contributed by atoms with Crippen LogP contribution in [0.1, 0.15) is 26.2 Å². The van der Waals surface area contributed by atoms with E-state index in [1.54, 1.807) is 0 Å². The number of allylic oxidation sites excluding steroid dienone is 5. The van der Waals surface area contributed by atoms with Crippen LogP contribution >= 0.6 is 0 Å². The van der Waals surface area contributed by atoms with Gasteiger partial charge in [-0.2, -0.15) is 0 Å². The maximum atomic E-state index is 5.89. The molecule has 0 atom stereocenters. The normalized spacial score (nSPS) is 15.0. The van der Waals surface area contributed by atoms with E-state index in [2.05, 4.69) is 12.2 Å². The lowest BCUT2D eigenvalue weighted by Crippen LogP contribution is -1.99. The highest BCUT2D eigenvalue weighted by Crippen LogP contribution is 2.24. The van der Waals surface area contributed by atoms with Crippen molar-refractivity contribution in [1.29, 1.82) is 0 Å². The minimum Gasteiger partial charge on any atom is -0.458 e. The number of benzene rings is 1. The van der Waals surface area contributed by atoms with Crippen molar-refractivity contribution < 1.29 is 9.47 Å². The summed E-state index contributed by atoms with van der Waals surface area (Å²) < 4.78 is 11.7. The van der Waals surface area contributed by atoms with E-state index >= 15 is 0 Å². The predicted molar refractivity (Wildman–Crippen MR) is 90.7 cm³/mol. The summed E-state index contributed by atoms with van der Waals surface area (Å²) in [4.78, 5) is 0. The van der Waals surface area contributed by atoms with Gasteiger partial charge in [0.2, 0.25) is 0 Å². The van der Waals surface area contributed by atoms with E-state index in [0.717, 1.165) is 42.3 Å². The van der Waals surface area contributed by atoms with Crippen molar-refractivity contribution in [1.82, 2.24) is 0 Å². The molecule has 0 unspecified atom stereocenters. The third-order valence-corrected chi connectivity index (χ3v) is 3.08. The zero-order valence-corrected chi connectivity index (χ0v) is 13.0. The summed E-state index contributed by atoms with van der Waals surface area (Å²) >= 11 is 0. The third kappa shape index (κ3) is 5.26. The summed E-state index contributed by atoms with van der Waals surface area (Å²) in [6.07, 6.45) is 15.0. The molecule has 0 saturated heterocycles. The van der Waals surface area contributed by atoms with Crippen LogP contribution in [0.25, 0.3) is 0 Å². The molecule has 0 radical (unpaired) electrons. The Morgan fingerprint density at radius 1 is 1.27 bits per heavy atom. The van der Waals surface area contributed by atoms with Crippen LogP contribution in [0.2, 0.25) is 0 Å². The van der Waals surface area contributed by atoms with Gasteiger partial charge in [-0.05, 0) is 69.2 Å². The van der Waals surface area contributed by atoms with Gasteiger partial charge in [0.05, 0.1) is 0 Å². The van der Waals surface area contributed by atoms with Crippen molar-refractivity contribution >= 4 is 0 Å². The molecule has 1 aromatic rings. The SMILES string of the molecule is C/C=C\C(=C/CCN)Oc1cccc(OC2=CCCC=C2)c1. The van der Waals surface area contributed by atoms with Gasteiger partial charge < -0.3 is 15.2 Å². The average molecular weight is 297 g/mol. The zero-order chi connectivity index (χ0) is 15.6. The van der Waals surface area contributed by atoms with Gasteiger partial charge >= 0.3 is 0 Å². The van der Waals surface area contributed by atoms with Crippen LogP contribution in [-0.4, -0.2) is 6.54 Å². The molecular formula is C19H23NO2. The lowest BCUT2D eigenvalue weighted by atomic mass is 10.2. The Kier molecular flexibility index (Phi) is 6.52. The number of hydrogen-bond donors (Lipinski definition) is 1. The summed E-state index contributed by atoms with van der Waals surface area (Å²) in [5.41, 5.74) is 5.54. The van der Waals surface area contributed by atoms with Crippen molar-refractivity contribution in [2.75, 3.05) is 6.54 Å². The second kappa shape index (κ2) is 8.90. The van der Waals surface area contributed by atoms with Crippen molar-refractivity contribution in [3.63, 3.8) is 0 Å². The summed E-state index contributed by atoms with van der Waals surface area (Å²) in [7, 11) is 0. The second-order valence-electron chi connectivity index (χ2n) is 4.95. The Bertz CT molecular complexity index is 597. The molecule has 0 fully saturated rings. The first-order valence-corrected chi connectivity index (χ1v) is 7.67. The molecule has 1 aliphatic carbocycles. The number of rotatable bonds is 7. The van der Waals surface area contributed by atoms with Gasteiger partial charge in [0.15, 0.2) is 0 Å². The first-order chi connectivity index (χ1) is 10.8. The van der Waals surface area contributed by atoms with E-state index in [9.17, 15) is 0 Å². The first-order valence-electron chi connectivity index (χ1n) is 7.67. The second-order valence-corrected chi connectivity index (χ2v) is 4.95. The first kappa shape index (κ1) is 16.1. The van der Waals surface area contributed by atoms with Gasteiger partial charge in [-0.1, -0.05) is 18.2 Å². The minimum atomic E-state index is 0.605.